The molecule has 0 aliphatic rings. The molecule has 2 aromatic rings. The maximum atomic E-state index is 12.2. The van der Waals surface area contributed by atoms with E-state index in [9.17, 15) is 13.2 Å². The van der Waals surface area contributed by atoms with Crippen molar-refractivity contribution in [2.45, 2.75) is 4.90 Å². The van der Waals surface area contributed by atoms with Crippen molar-refractivity contribution in [1.82, 2.24) is 0 Å². The fourth-order valence-corrected chi connectivity index (χ4v) is 3.58. The lowest BCUT2D eigenvalue weighted by atomic mass is 10.3. The maximum Gasteiger partial charge on any atom is 0.240 e. The average Bonchev–Trinajstić information content (AvgIpc) is 2.93. The number of nitriles is 1. The van der Waals surface area contributed by atoms with E-state index in [0.29, 0.717) is 16.3 Å². The lowest BCUT2D eigenvalue weighted by Crippen LogP contribution is -2.22. The largest absolute Gasteiger partial charge is 0.497 e. The Morgan fingerprint density at radius 1 is 1.32 bits per heavy atom. The molecule has 0 spiro atoms. The van der Waals surface area contributed by atoms with Crippen LogP contribution in [0.1, 0.15) is 5.56 Å². The van der Waals surface area contributed by atoms with Crippen LogP contribution in [0.2, 0.25) is 0 Å². The van der Waals surface area contributed by atoms with Crippen molar-refractivity contribution in [2.24, 2.45) is 0 Å². The molecule has 0 aliphatic heterocycles. The molecule has 8 heteroatoms. The summed E-state index contributed by atoms with van der Waals surface area (Å²) in [5.41, 5.74) is 0.306. The number of methoxy groups -OCH3 is 1. The van der Waals surface area contributed by atoms with Crippen LogP contribution >= 0.6 is 11.3 Å². The molecule has 0 fully saturated rings. The Morgan fingerprint density at radius 3 is 2.59 bits per heavy atom. The number of hydrogen-bond donors (Lipinski definition) is 1. The highest BCUT2D eigenvalue weighted by molar-refractivity contribution is 7.92. The van der Waals surface area contributed by atoms with Crippen molar-refractivity contribution < 1.29 is 17.9 Å². The molecular formula is C14H12N2O4S2. The number of benzene rings is 1. The first-order chi connectivity index (χ1) is 10.5. The second-order valence-electron chi connectivity index (χ2n) is 4.26. The zero-order chi connectivity index (χ0) is 16.2. The van der Waals surface area contributed by atoms with Crippen LogP contribution in [0.15, 0.2) is 40.6 Å². The second kappa shape index (κ2) is 6.60. The van der Waals surface area contributed by atoms with Gasteiger partial charge in [0.15, 0.2) is 9.84 Å². The predicted octanol–water partition coefficient (Wildman–Crippen LogP) is 2.04. The van der Waals surface area contributed by atoms with Crippen molar-refractivity contribution in [3.63, 3.8) is 0 Å². The summed E-state index contributed by atoms with van der Waals surface area (Å²) < 4.78 is 29.3. The number of anilines is 1. The molecule has 0 atom stereocenters. The van der Waals surface area contributed by atoms with Gasteiger partial charge in [-0.25, -0.2) is 8.42 Å². The molecule has 6 nitrogen and oxygen atoms in total. The predicted molar refractivity (Wildman–Crippen MR) is 82.7 cm³/mol. The van der Waals surface area contributed by atoms with Crippen molar-refractivity contribution in [2.75, 3.05) is 18.2 Å². The van der Waals surface area contributed by atoms with Gasteiger partial charge >= 0.3 is 0 Å². The minimum absolute atomic E-state index is 0.0372. The topological polar surface area (TPSA) is 96.3 Å². The number of ether oxygens (including phenoxy) is 1. The van der Waals surface area contributed by atoms with Crippen molar-refractivity contribution in [3.8, 4) is 11.8 Å². The summed E-state index contributed by atoms with van der Waals surface area (Å²) in [4.78, 5) is 11.9. The van der Waals surface area contributed by atoms with Gasteiger partial charge in [-0.2, -0.15) is 5.26 Å². The van der Waals surface area contributed by atoms with Crippen LogP contribution in [0.5, 0.6) is 5.75 Å². The van der Waals surface area contributed by atoms with Crippen LogP contribution in [0, 0.1) is 11.3 Å². The van der Waals surface area contributed by atoms with Crippen LogP contribution in [0.3, 0.4) is 0 Å². The van der Waals surface area contributed by atoms with Gasteiger partial charge in [-0.1, -0.05) is 0 Å². The highest BCUT2D eigenvalue weighted by atomic mass is 32.2. The zero-order valence-corrected chi connectivity index (χ0v) is 13.2. The molecule has 1 heterocycles. The molecule has 1 aromatic carbocycles. The summed E-state index contributed by atoms with van der Waals surface area (Å²) in [5, 5.41) is 13.3. The van der Waals surface area contributed by atoms with E-state index in [1.807, 2.05) is 6.07 Å². The van der Waals surface area contributed by atoms with E-state index in [1.165, 1.54) is 31.4 Å². The first-order valence-corrected chi connectivity index (χ1v) is 8.63. The van der Waals surface area contributed by atoms with Crippen molar-refractivity contribution in [3.05, 3.63) is 41.3 Å². The molecule has 0 radical (unpaired) electrons. The quantitative estimate of drug-likeness (QED) is 0.901. The van der Waals surface area contributed by atoms with Gasteiger partial charge in [-0.05, 0) is 35.7 Å². The number of carbonyl (C=O) groups is 1. The smallest absolute Gasteiger partial charge is 0.240 e. The lowest BCUT2D eigenvalue weighted by molar-refractivity contribution is -0.113. The molecule has 114 valence electrons. The van der Waals surface area contributed by atoms with E-state index in [0.717, 1.165) is 11.3 Å². The van der Waals surface area contributed by atoms with Crippen LogP contribution in [-0.2, 0) is 14.6 Å². The fraction of sp³-hybridized carbons (Fsp3) is 0.143. The SMILES string of the molecule is COc1ccc(S(=O)(=O)CC(=O)Nc2sccc2C#N)cc1. The van der Waals surface area contributed by atoms with Crippen LogP contribution < -0.4 is 10.1 Å². The van der Waals surface area contributed by atoms with E-state index >= 15 is 0 Å². The van der Waals surface area contributed by atoms with E-state index in [2.05, 4.69) is 5.32 Å². The van der Waals surface area contributed by atoms with Gasteiger partial charge in [0.05, 0.1) is 17.6 Å². The normalized spacial score (nSPS) is 10.7. The molecule has 2 rings (SSSR count). The molecule has 22 heavy (non-hydrogen) atoms. The zero-order valence-electron chi connectivity index (χ0n) is 11.6. The van der Waals surface area contributed by atoms with Crippen LogP contribution in [-0.4, -0.2) is 27.2 Å². The summed E-state index contributed by atoms with van der Waals surface area (Å²) >= 11 is 1.16. The third-order valence-electron chi connectivity index (χ3n) is 2.78. The maximum absolute atomic E-state index is 12.2. The number of amides is 1. The Morgan fingerprint density at radius 2 is 2.00 bits per heavy atom. The third-order valence-corrected chi connectivity index (χ3v) is 5.24. The van der Waals surface area contributed by atoms with Gasteiger partial charge in [0.2, 0.25) is 5.91 Å². The monoisotopic (exact) mass is 336 g/mol. The summed E-state index contributed by atoms with van der Waals surface area (Å²) in [7, 11) is -2.28. The average molecular weight is 336 g/mol. The van der Waals surface area contributed by atoms with Crippen LogP contribution in [0.4, 0.5) is 5.00 Å². The first-order valence-electron chi connectivity index (χ1n) is 6.10. The van der Waals surface area contributed by atoms with E-state index in [4.69, 9.17) is 10.00 Å². The standard InChI is InChI=1S/C14H12N2O4S2/c1-20-11-2-4-12(5-3-11)22(18,19)9-13(17)16-14-10(8-15)6-7-21-14/h2-7H,9H2,1H3,(H,16,17). The molecule has 0 saturated heterocycles. The lowest BCUT2D eigenvalue weighted by Gasteiger charge is -2.06. The molecule has 0 aliphatic carbocycles. The van der Waals surface area contributed by atoms with Crippen molar-refractivity contribution in [1.29, 1.82) is 5.26 Å². The number of nitrogens with zero attached hydrogens (tertiary/aromatic N) is 1. The number of nitrogens with one attached hydrogen (secondary N) is 1. The molecule has 0 bridgehead atoms. The highest BCUT2D eigenvalue weighted by Gasteiger charge is 2.20. The minimum atomic E-state index is -3.75. The summed E-state index contributed by atoms with van der Waals surface area (Å²) in [5.74, 6) is -0.849. The number of rotatable bonds is 5. The molecule has 0 unspecified atom stereocenters. The molecule has 1 amide bonds. The van der Waals surface area contributed by atoms with Crippen LogP contribution in [0.25, 0.3) is 0 Å². The van der Waals surface area contributed by atoms with Gasteiger partial charge in [-0.3, -0.25) is 4.79 Å². The van der Waals surface area contributed by atoms with E-state index < -0.39 is 21.5 Å². The van der Waals surface area contributed by atoms with Gasteiger partial charge in [0, 0.05) is 0 Å². The molecule has 1 aromatic heterocycles. The number of hydrogen-bond acceptors (Lipinski definition) is 6. The van der Waals surface area contributed by atoms with E-state index in [1.54, 1.807) is 11.4 Å². The molecule has 0 saturated carbocycles. The number of sulfone groups is 1. The first kappa shape index (κ1) is 16.0. The summed E-state index contributed by atoms with van der Waals surface area (Å²) in [6, 6.07) is 9.26. The highest BCUT2D eigenvalue weighted by Crippen LogP contribution is 2.22. The Bertz CT molecular complexity index is 817. The second-order valence-corrected chi connectivity index (χ2v) is 7.16. The molecular weight excluding hydrogens is 324 g/mol. The Kier molecular flexibility index (Phi) is 4.80. The Hall–Kier alpha value is -2.37. The summed E-state index contributed by atoms with van der Waals surface area (Å²) in [6.45, 7) is 0. The van der Waals surface area contributed by atoms with Gasteiger partial charge in [-0.15, -0.1) is 11.3 Å². The number of thiophene rings is 1. The van der Waals surface area contributed by atoms with E-state index in [-0.39, 0.29) is 4.90 Å². The number of carbonyl (C=O) groups excluding carboxylic acids is 1. The third kappa shape index (κ3) is 3.63. The van der Waals surface area contributed by atoms with Gasteiger partial charge in [0.25, 0.3) is 0 Å². The Balaban J connectivity index is 2.11. The van der Waals surface area contributed by atoms with Gasteiger partial charge in [0.1, 0.15) is 22.6 Å². The molecule has 1 N–H and O–H groups in total. The van der Waals surface area contributed by atoms with Crippen molar-refractivity contribution >= 4 is 32.1 Å². The minimum Gasteiger partial charge on any atom is -0.497 e. The van der Waals surface area contributed by atoms with Gasteiger partial charge < -0.3 is 10.1 Å². The Labute approximate surface area is 131 Å². The summed E-state index contributed by atoms with van der Waals surface area (Å²) in [6.07, 6.45) is 0. The fourth-order valence-electron chi connectivity index (χ4n) is 1.70.